The normalized spacial score (nSPS) is 19.9. The van der Waals surface area contributed by atoms with Crippen LogP contribution in [0.4, 0.5) is 0 Å². The molecule has 1 aromatic heterocycles. The van der Waals surface area contributed by atoms with Gasteiger partial charge in [0.2, 0.25) is 5.89 Å². The molecule has 1 N–H and O–H groups in total. The minimum atomic E-state index is -0.432. The van der Waals surface area contributed by atoms with Crippen molar-refractivity contribution in [3.05, 3.63) is 83.0 Å². The molecule has 136 valence electrons. The van der Waals surface area contributed by atoms with Gasteiger partial charge in [0.25, 0.3) is 0 Å². The molecular weight excluding hydrogens is 340 g/mol. The van der Waals surface area contributed by atoms with Crippen LogP contribution in [0.25, 0.3) is 0 Å². The molecule has 0 aliphatic carbocycles. The zero-order valence-electron chi connectivity index (χ0n) is 14.8. The zero-order valence-corrected chi connectivity index (χ0v) is 14.8. The van der Waals surface area contributed by atoms with Crippen molar-refractivity contribution in [3.63, 3.8) is 0 Å². The SMILES string of the molecule is N#Cc1cccc(CN2CC(O)CC2c2nc(Cc3ccccc3)no2)c1. The predicted octanol–water partition coefficient (Wildman–Crippen LogP) is 2.84. The fourth-order valence-electron chi connectivity index (χ4n) is 3.54. The second kappa shape index (κ2) is 7.70. The average Bonchev–Trinajstić information content (AvgIpc) is 3.29. The summed E-state index contributed by atoms with van der Waals surface area (Å²) >= 11 is 0. The van der Waals surface area contributed by atoms with Gasteiger partial charge < -0.3 is 9.63 Å². The van der Waals surface area contributed by atoms with E-state index in [0.717, 1.165) is 11.1 Å². The second-order valence-electron chi connectivity index (χ2n) is 6.86. The molecule has 1 fully saturated rings. The van der Waals surface area contributed by atoms with Crippen LogP contribution in [0.5, 0.6) is 0 Å². The number of aromatic nitrogens is 2. The molecular formula is C21H20N4O2. The fourth-order valence-corrected chi connectivity index (χ4v) is 3.54. The maximum atomic E-state index is 10.2. The van der Waals surface area contributed by atoms with Gasteiger partial charge in [-0.1, -0.05) is 47.6 Å². The lowest BCUT2D eigenvalue weighted by molar-refractivity contribution is 0.169. The first-order chi connectivity index (χ1) is 13.2. The monoisotopic (exact) mass is 360 g/mol. The summed E-state index contributed by atoms with van der Waals surface area (Å²) in [6.45, 7) is 1.16. The highest BCUT2D eigenvalue weighted by atomic mass is 16.5. The van der Waals surface area contributed by atoms with Crippen molar-refractivity contribution in [1.82, 2.24) is 15.0 Å². The van der Waals surface area contributed by atoms with Gasteiger partial charge in [0.05, 0.1) is 23.8 Å². The van der Waals surface area contributed by atoms with Gasteiger partial charge in [-0.15, -0.1) is 0 Å². The van der Waals surface area contributed by atoms with Gasteiger partial charge in [0, 0.05) is 19.5 Å². The van der Waals surface area contributed by atoms with Crippen LogP contribution < -0.4 is 0 Å². The Hall–Kier alpha value is -3.01. The number of aliphatic hydroxyl groups excluding tert-OH is 1. The first-order valence-corrected chi connectivity index (χ1v) is 8.99. The topological polar surface area (TPSA) is 86.2 Å². The number of likely N-dealkylation sites (tertiary alicyclic amines) is 1. The van der Waals surface area contributed by atoms with E-state index in [1.807, 2.05) is 48.5 Å². The molecule has 27 heavy (non-hydrogen) atoms. The van der Waals surface area contributed by atoms with Gasteiger partial charge in [-0.25, -0.2) is 0 Å². The van der Waals surface area contributed by atoms with Gasteiger partial charge >= 0.3 is 0 Å². The average molecular weight is 360 g/mol. The maximum absolute atomic E-state index is 10.2. The Morgan fingerprint density at radius 1 is 1.15 bits per heavy atom. The van der Waals surface area contributed by atoms with Crippen LogP contribution in [-0.4, -0.2) is 32.8 Å². The van der Waals surface area contributed by atoms with Crippen molar-refractivity contribution < 1.29 is 9.63 Å². The summed E-state index contributed by atoms with van der Waals surface area (Å²) in [6.07, 6.45) is 0.744. The third-order valence-corrected chi connectivity index (χ3v) is 4.80. The second-order valence-corrected chi connectivity index (χ2v) is 6.86. The van der Waals surface area contributed by atoms with E-state index < -0.39 is 6.10 Å². The fraction of sp³-hybridized carbons (Fsp3) is 0.286. The maximum Gasteiger partial charge on any atom is 0.244 e. The molecule has 6 nitrogen and oxygen atoms in total. The van der Waals surface area contributed by atoms with Gasteiger partial charge in [-0.3, -0.25) is 4.90 Å². The van der Waals surface area contributed by atoms with Crippen LogP contribution in [0.3, 0.4) is 0 Å². The minimum Gasteiger partial charge on any atom is -0.392 e. The number of nitrogens with zero attached hydrogens (tertiary/aromatic N) is 4. The number of rotatable bonds is 5. The largest absolute Gasteiger partial charge is 0.392 e. The van der Waals surface area contributed by atoms with Crippen molar-refractivity contribution in [2.75, 3.05) is 6.54 Å². The number of β-amino-alcohol motifs (C(OH)–C–C–N with tert-alkyl or cyclic N) is 1. The van der Waals surface area contributed by atoms with E-state index in [0.29, 0.717) is 43.2 Å². The summed E-state index contributed by atoms with van der Waals surface area (Å²) in [5.74, 6) is 1.18. The number of hydrogen-bond donors (Lipinski definition) is 1. The van der Waals surface area contributed by atoms with Gasteiger partial charge in [0.15, 0.2) is 5.82 Å². The van der Waals surface area contributed by atoms with Crippen molar-refractivity contribution in [2.45, 2.75) is 31.5 Å². The molecule has 2 aromatic carbocycles. The van der Waals surface area contributed by atoms with Crippen molar-refractivity contribution >= 4 is 0 Å². The molecule has 0 spiro atoms. The Bertz CT molecular complexity index is 948. The van der Waals surface area contributed by atoms with Crippen LogP contribution in [0.1, 0.15) is 40.9 Å². The summed E-state index contributed by atoms with van der Waals surface area (Å²) in [6, 6.07) is 19.6. The highest BCUT2D eigenvalue weighted by Crippen LogP contribution is 2.32. The molecule has 0 radical (unpaired) electrons. The Labute approximate surface area is 157 Å². The Morgan fingerprint density at radius 2 is 1.96 bits per heavy atom. The van der Waals surface area contributed by atoms with E-state index in [2.05, 4.69) is 21.1 Å². The zero-order chi connectivity index (χ0) is 18.6. The van der Waals surface area contributed by atoms with E-state index in [1.54, 1.807) is 6.07 Å². The first kappa shape index (κ1) is 17.4. The molecule has 2 unspecified atom stereocenters. The number of aliphatic hydroxyl groups is 1. The molecule has 6 heteroatoms. The van der Waals surface area contributed by atoms with Crippen LogP contribution >= 0.6 is 0 Å². The smallest absolute Gasteiger partial charge is 0.244 e. The quantitative estimate of drug-likeness (QED) is 0.753. The van der Waals surface area contributed by atoms with Crippen molar-refractivity contribution in [1.29, 1.82) is 5.26 Å². The van der Waals surface area contributed by atoms with E-state index in [9.17, 15) is 5.11 Å². The van der Waals surface area contributed by atoms with E-state index in [4.69, 9.17) is 9.78 Å². The minimum absolute atomic E-state index is 0.122. The summed E-state index contributed by atoms with van der Waals surface area (Å²) in [5, 5.41) is 23.4. The highest BCUT2D eigenvalue weighted by molar-refractivity contribution is 5.32. The molecule has 0 bridgehead atoms. The van der Waals surface area contributed by atoms with Gasteiger partial charge in [0.1, 0.15) is 0 Å². The molecule has 3 aromatic rings. The molecule has 0 saturated carbocycles. The third-order valence-electron chi connectivity index (χ3n) is 4.80. The van der Waals surface area contributed by atoms with Crippen LogP contribution in [0, 0.1) is 11.3 Å². The molecule has 0 amide bonds. The number of benzene rings is 2. The molecule has 2 atom stereocenters. The third kappa shape index (κ3) is 4.05. The molecule has 1 aliphatic heterocycles. The first-order valence-electron chi connectivity index (χ1n) is 8.99. The number of nitriles is 1. The van der Waals surface area contributed by atoms with Crippen LogP contribution in [0.2, 0.25) is 0 Å². The molecule has 1 saturated heterocycles. The van der Waals surface area contributed by atoms with E-state index in [1.165, 1.54) is 0 Å². The van der Waals surface area contributed by atoms with Gasteiger partial charge in [-0.2, -0.15) is 10.2 Å². The molecule has 1 aliphatic rings. The lowest BCUT2D eigenvalue weighted by atomic mass is 10.1. The Morgan fingerprint density at radius 3 is 2.78 bits per heavy atom. The lowest BCUT2D eigenvalue weighted by Crippen LogP contribution is -2.24. The Kier molecular flexibility index (Phi) is 4.97. The summed E-state index contributed by atoms with van der Waals surface area (Å²) in [4.78, 5) is 6.69. The predicted molar refractivity (Wildman–Crippen MR) is 98.5 cm³/mol. The highest BCUT2D eigenvalue weighted by Gasteiger charge is 2.35. The molecule has 4 rings (SSSR count). The standard InChI is InChI=1S/C21H20N4O2/c22-12-16-7-4-8-17(9-16)13-25-14-18(26)11-19(25)21-23-20(24-27-21)10-15-5-2-1-3-6-15/h1-9,18-19,26H,10-11,13-14H2. The van der Waals surface area contributed by atoms with E-state index >= 15 is 0 Å². The van der Waals surface area contributed by atoms with Gasteiger partial charge in [-0.05, 0) is 29.7 Å². The van der Waals surface area contributed by atoms with Crippen molar-refractivity contribution in [2.24, 2.45) is 0 Å². The van der Waals surface area contributed by atoms with Crippen LogP contribution in [-0.2, 0) is 13.0 Å². The summed E-state index contributed by atoms with van der Waals surface area (Å²) in [5.41, 5.74) is 2.78. The Balaban J connectivity index is 1.50. The summed E-state index contributed by atoms with van der Waals surface area (Å²) < 4.78 is 5.52. The van der Waals surface area contributed by atoms with Crippen LogP contribution in [0.15, 0.2) is 59.1 Å². The lowest BCUT2D eigenvalue weighted by Gasteiger charge is -2.21. The molecule has 2 heterocycles. The van der Waals surface area contributed by atoms with E-state index in [-0.39, 0.29) is 6.04 Å². The van der Waals surface area contributed by atoms with Crippen molar-refractivity contribution in [3.8, 4) is 6.07 Å². The number of hydrogen-bond acceptors (Lipinski definition) is 6. The summed E-state index contributed by atoms with van der Waals surface area (Å²) in [7, 11) is 0.